The molecular weight excluding hydrogens is 372 g/mol. The molecular formula is C21H22N4O4. The molecule has 29 heavy (non-hydrogen) atoms. The minimum Gasteiger partial charge on any atom is -0.496 e. The van der Waals surface area contributed by atoms with Crippen molar-refractivity contribution in [2.24, 2.45) is 0 Å². The van der Waals surface area contributed by atoms with Gasteiger partial charge in [-0.15, -0.1) is 0 Å². The van der Waals surface area contributed by atoms with E-state index in [1.54, 1.807) is 38.7 Å². The Bertz CT molecular complexity index is 1010. The van der Waals surface area contributed by atoms with E-state index in [1.807, 2.05) is 24.3 Å². The number of carbonyl (C=O) groups excluding carboxylic acids is 1. The van der Waals surface area contributed by atoms with Gasteiger partial charge in [0.25, 0.3) is 0 Å². The summed E-state index contributed by atoms with van der Waals surface area (Å²) >= 11 is 0. The van der Waals surface area contributed by atoms with Crippen molar-refractivity contribution in [3.05, 3.63) is 54.4 Å². The number of pyridine rings is 2. The van der Waals surface area contributed by atoms with Gasteiger partial charge in [0, 0.05) is 36.0 Å². The molecule has 0 unspecified atom stereocenters. The van der Waals surface area contributed by atoms with Gasteiger partial charge in [0.05, 0.1) is 31.5 Å². The van der Waals surface area contributed by atoms with E-state index in [0.717, 1.165) is 10.9 Å². The van der Waals surface area contributed by atoms with Crippen LogP contribution < -0.4 is 20.1 Å². The Kier molecular flexibility index (Phi) is 5.44. The highest BCUT2D eigenvalue weighted by Gasteiger charge is 2.31. The van der Waals surface area contributed by atoms with E-state index >= 15 is 0 Å². The molecule has 2 amide bonds. The second-order valence-electron chi connectivity index (χ2n) is 6.63. The van der Waals surface area contributed by atoms with Crippen LogP contribution in [0, 0.1) is 0 Å². The fraction of sp³-hybridized carbons (Fsp3) is 0.286. The van der Waals surface area contributed by atoms with Crippen molar-refractivity contribution < 1.29 is 19.0 Å². The van der Waals surface area contributed by atoms with Gasteiger partial charge in [-0.2, -0.15) is 0 Å². The van der Waals surface area contributed by atoms with Crippen LogP contribution in [0.5, 0.6) is 11.6 Å². The SMILES string of the molecule is COc1ccc([C@@H]2OCC[C@H]2NC(=O)Nc2ccc(OC)c3cccnc23)cn1. The molecule has 8 heteroatoms. The average Bonchev–Trinajstić information content (AvgIpc) is 3.22. The number of methoxy groups -OCH3 is 2. The lowest BCUT2D eigenvalue weighted by Crippen LogP contribution is -2.39. The Labute approximate surface area is 168 Å². The molecule has 8 nitrogen and oxygen atoms in total. The van der Waals surface area contributed by atoms with Crippen molar-refractivity contribution >= 4 is 22.6 Å². The van der Waals surface area contributed by atoms with Crippen LogP contribution in [0.1, 0.15) is 18.1 Å². The lowest BCUT2D eigenvalue weighted by atomic mass is 10.0. The van der Waals surface area contributed by atoms with Crippen molar-refractivity contribution in [3.63, 3.8) is 0 Å². The van der Waals surface area contributed by atoms with Crippen molar-refractivity contribution in [2.75, 3.05) is 26.1 Å². The van der Waals surface area contributed by atoms with Crippen LogP contribution in [0.25, 0.3) is 10.9 Å². The number of ether oxygens (including phenoxy) is 3. The van der Waals surface area contributed by atoms with E-state index in [9.17, 15) is 4.79 Å². The summed E-state index contributed by atoms with van der Waals surface area (Å²) in [5.74, 6) is 1.24. The highest BCUT2D eigenvalue weighted by molar-refractivity contribution is 6.01. The molecule has 3 aromatic rings. The summed E-state index contributed by atoms with van der Waals surface area (Å²) in [6.07, 6.45) is 3.85. The maximum Gasteiger partial charge on any atom is 0.319 e. The molecule has 150 valence electrons. The summed E-state index contributed by atoms with van der Waals surface area (Å²) in [6, 6.07) is 10.5. The van der Waals surface area contributed by atoms with Crippen LogP contribution in [0.4, 0.5) is 10.5 Å². The molecule has 2 aromatic heterocycles. The second-order valence-corrected chi connectivity index (χ2v) is 6.63. The zero-order chi connectivity index (χ0) is 20.2. The number of nitrogens with zero attached hydrogens (tertiary/aromatic N) is 2. The molecule has 1 aliphatic rings. The topological polar surface area (TPSA) is 94.6 Å². The molecule has 0 spiro atoms. The number of carbonyl (C=O) groups is 1. The third-order valence-electron chi connectivity index (χ3n) is 4.90. The molecule has 2 atom stereocenters. The van der Waals surface area contributed by atoms with Crippen LogP contribution in [0.15, 0.2) is 48.8 Å². The Morgan fingerprint density at radius 2 is 2.03 bits per heavy atom. The molecule has 0 bridgehead atoms. The Morgan fingerprint density at radius 3 is 2.79 bits per heavy atom. The molecule has 0 aliphatic carbocycles. The monoisotopic (exact) mass is 394 g/mol. The van der Waals surface area contributed by atoms with Gasteiger partial charge in [0.15, 0.2) is 0 Å². The van der Waals surface area contributed by atoms with Gasteiger partial charge in [-0.1, -0.05) is 0 Å². The van der Waals surface area contributed by atoms with Crippen molar-refractivity contribution in [2.45, 2.75) is 18.6 Å². The number of nitrogens with one attached hydrogen (secondary N) is 2. The van der Waals surface area contributed by atoms with Crippen molar-refractivity contribution in [1.82, 2.24) is 15.3 Å². The third-order valence-corrected chi connectivity index (χ3v) is 4.90. The Balaban J connectivity index is 1.49. The van der Waals surface area contributed by atoms with Gasteiger partial charge in [-0.05, 0) is 36.8 Å². The third kappa shape index (κ3) is 3.93. The summed E-state index contributed by atoms with van der Waals surface area (Å²) in [5, 5.41) is 6.73. The van der Waals surface area contributed by atoms with Crippen molar-refractivity contribution in [3.8, 4) is 11.6 Å². The molecule has 0 saturated carbocycles. The van der Waals surface area contributed by atoms with Crippen LogP contribution in [0.2, 0.25) is 0 Å². The summed E-state index contributed by atoms with van der Waals surface area (Å²) in [5.41, 5.74) is 2.17. The van der Waals surface area contributed by atoms with Gasteiger partial charge < -0.3 is 24.8 Å². The largest absolute Gasteiger partial charge is 0.496 e. The molecule has 1 aliphatic heterocycles. The molecule has 1 aromatic carbocycles. The molecule has 1 fully saturated rings. The smallest absolute Gasteiger partial charge is 0.319 e. The lowest BCUT2D eigenvalue weighted by molar-refractivity contribution is 0.100. The summed E-state index contributed by atoms with van der Waals surface area (Å²) in [7, 11) is 3.18. The Morgan fingerprint density at radius 1 is 1.14 bits per heavy atom. The normalized spacial score (nSPS) is 18.4. The number of anilines is 1. The van der Waals surface area contributed by atoms with E-state index in [1.165, 1.54) is 0 Å². The first-order valence-corrected chi connectivity index (χ1v) is 9.30. The van der Waals surface area contributed by atoms with E-state index in [4.69, 9.17) is 14.2 Å². The summed E-state index contributed by atoms with van der Waals surface area (Å²) in [4.78, 5) is 21.3. The maximum atomic E-state index is 12.7. The molecule has 3 heterocycles. The molecule has 2 N–H and O–H groups in total. The zero-order valence-electron chi connectivity index (χ0n) is 16.2. The van der Waals surface area contributed by atoms with E-state index < -0.39 is 0 Å². The number of rotatable bonds is 5. The van der Waals surface area contributed by atoms with Crippen LogP contribution in [-0.2, 0) is 4.74 Å². The zero-order valence-corrected chi connectivity index (χ0v) is 16.2. The fourth-order valence-electron chi connectivity index (χ4n) is 3.50. The van der Waals surface area contributed by atoms with E-state index in [0.29, 0.717) is 35.9 Å². The van der Waals surface area contributed by atoms with Crippen LogP contribution >= 0.6 is 0 Å². The first kappa shape index (κ1) is 18.9. The maximum absolute atomic E-state index is 12.7. The standard InChI is InChI=1S/C21H22N4O4/c1-27-17-7-6-15(19-14(17)4-3-10-22-19)24-21(26)25-16-9-11-29-20(16)13-5-8-18(28-2)23-12-13/h3-8,10,12,16,20H,9,11H2,1-2H3,(H2,24,25,26)/t16-,20+/m1/s1. The number of urea groups is 1. The molecule has 0 radical (unpaired) electrons. The predicted molar refractivity (Wildman–Crippen MR) is 108 cm³/mol. The first-order chi connectivity index (χ1) is 14.2. The highest BCUT2D eigenvalue weighted by Crippen LogP contribution is 2.31. The highest BCUT2D eigenvalue weighted by atomic mass is 16.5. The van der Waals surface area contributed by atoms with Gasteiger partial charge in [-0.3, -0.25) is 4.98 Å². The van der Waals surface area contributed by atoms with Gasteiger partial charge in [-0.25, -0.2) is 9.78 Å². The number of fused-ring (bicyclic) bond motifs is 1. The second kappa shape index (κ2) is 8.32. The number of benzene rings is 1. The quantitative estimate of drug-likeness (QED) is 0.690. The van der Waals surface area contributed by atoms with E-state index in [-0.39, 0.29) is 18.2 Å². The predicted octanol–water partition coefficient (Wildman–Crippen LogP) is 3.30. The first-order valence-electron chi connectivity index (χ1n) is 9.30. The number of hydrogen-bond acceptors (Lipinski definition) is 6. The fourth-order valence-corrected chi connectivity index (χ4v) is 3.50. The lowest BCUT2D eigenvalue weighted by Gasteiger charge is -2.20. The molecule has 1 saturated heterocycles. The summed E-state index contributed by atoms with van der Waals surface area (Å²) < 4.78 is 16.3. The Hall–Kier alpha value is -3.39. The number of aromatic nitrogens is 2. The van der Waals surface area contributed by atoms with Gasteiger partial charge in [0.1, 0.15) is 11.9 Å². The number of amides is 2. The van der Waals surface area contributed by atoms with E-state index in [2.05, 4.69) is 20.6 Å². The minimum atomic E-state index is -0.316. The van der Waals surface area contributed by atoms with Gasteiger partial charge >= 0.3 is 6.03 Å². The van der Waals surface area contributed by atoms with Gasteiger partial charge in [0.2, 0.25) is 5.88 Å². The summed E-state index contributed by atoms with van der Waals surface area (Å²) in [6.45, 7) is 0.564. The molecule has 4 rings (SSSR count). The average molecular weight is 394 g/mol. The minimum absolute atomic E-state index is 0.164. The van der Waals surface area contributed by atoms with Crippen LogP contribution in [-0.4, -0.2) is 42.9 Å². The van der Waals surface area contributed by atoms with Crippen LogP contribution in [0.3, 0.4) is 0 Å². The number of hydrogen-bond donors (Lipinski definition) is 2. The van der Waals surface area contributed by atoms with Crippen molar-refractivity contribution in [1.29, 1.82) is 0 Å².